The van der Waals surface area contributed by atoms with Crippen molar-refractivity contribution in [2.75, 3.05) is 13.2 Å². The predicted octanol–water partition coefficient (Wildman–Crippen LogP) is 1.64. The van der Waals surface area contributed by atoms with Gasteiger partial charge in [-0.15, -0.1) is 11.3 Å². The Labute approximate surface area is 111 Å². The third kappa shape index (κ3) is 3.54. The summed E-state index contributed by atoms with van der Waals surface area (Å²) in [6.45, 7) is 2.70. The van der Waals surface area contributed by atoms with E-state index in [1.54, 1.807) is 6.92 Å². The molecule has 2 unspecified atom stereocenters. The van der Waals surface area contributed by atoms with Crippen LogP contribution in [0.15, 0.2) is 17.5 Å². The minimum atomic E-state index is -1.000. The number of hydrogen-bond donors (Lipinski definition) is 2. The van der Waals surface area contributed by atoms with Crippen molar-refractivity contribution in [2.45, 2.75) is 37.9 Å². The summed E-state index contributed by atoms with van der Waals surface area (Å²) in [4.78, 5) is 12.6. The molecule has 0 aliphatic carbocycles. The van der Waals surface area contributed by atoms with Crippen LogP contribution in [0, 0.1) is 0 Å². The number of aliphatic hydroxyl groups is 1. The average Bonchev–Trinajstić information content (AvgIpc) is 2.99. The second-order valence-corrected chi connectivity index (χ2v) is 5.81. The van der Waals surface area contributed by atoms with Crippen LogP contribution < -0.4 is 5.32 Å². The lowest BCUT2D eigenvalue weighted by Crippen LogP contribution is -2.39. The second-order valence-electron chi connectivity index (χ2n) is 4.87. The summed E-state index contributed by atoms with van der Waals surface area (Å²) in [7, 11) is 0. The molecule has 1 aromatic rings. The van der Waals surface area contributed by atoms with Crippen molar-refractivity contribution in [2.24, 2.45) is 0 Å². The van der Waals surface area contributed by atoms with Crippen molar-refractivity contribution in [3.05, 3.63) is 22.4 Å². The number of carbonyl (C=O) groups excluding carboxylic acids is 1. The van der Waals surface area contributed by atoms with Gasteiger partial charge in [-0.3, -0.25) is 4.79 Å². The fraction of sp³-hybridized carbons (Fsp3) is 0.615. The highest BCUT2D eigenvalue weighted by Gasteiger charge is 2.26. The molecular formula is C13H19NO3S. The van der Waals surface area contributed by atoms with Crippen molar-refractivity contribution in [3.63, 3.8) is 0 Å². The zero-order valence-electron chi connectivity index (χ0n) is 10.5. The van der Waals surface area contributed by atoms with Crippen molar-refractivity contribution in [1.82, 2.24) is 5.32 Å². The van der Waals surface area contributed by atoms with Gasteiger partial charge in [-0.1, -0.05) is 6.07 Å². The Balaban J connectivity index is 1.78. The molecule has 2 N–H and O–H groups in total. The first-order chi connectivity index (χ1) is 8.58. The van der Waals surface area contributed by atoms with Gasteiger partial charge in [-0.25, -0.2) is 0 Å². The second kappa shape index (κ2) is 5.82. The standard InChI is InChI=1S/C13H19NO3S/c1-13(16,11-5-3-7-18-11)9-14-12(15)8-10-4-2-6-17-10/h3,5,7,10,16H,2,4,6,8-9H2,1H3,(H,14,15). The van der Waals surface area contributed by atoms with Crippen LogP contribution in [0.25, 0.3) is 0 Å². The topological polar surface area (TPSA) is 58.6 Å². The number of nitrogens with one attached hydrogen (secondary N) is 1. The zero-order valence-corrected chi connectivity index (χ0v) is 11.3. The average molecular weight is 269 g/mol. The first-order valence-corrected chi connectivity index (χ1v) is 7.10. The number of thiophene rings is 1. The fourth-order valence-corrected chi connectivity index (χ4v) is 2.81. The van der Waals surface area contributed by atoms with E-state index in [1.807, 2.05) is 17.5 Å². The molecule has 1 aliphatic heterocycles. The van der Waals surface area contributed by atoms with Gasteiger partial charge in [-0.05, 0) is 31.2 Å². The van der Waals surface area contributed by atoms with Crippen molar-refractivity contribution < 1.29 is 14.6 Å². The van der Waals surface area contributed by atoms with Gasteiger partial charge in [0.1, 0.15) is 5.60 Å². The molecular weight excluding hydrogens is 250 g/mol. The summed E-state index contributed by atoms with van der Waals surface area (Å²) in [5.41, 5.74) is -1.000. The molecule has 5 heteroatoms. The Morgan fingerprint density at radius 2 is 2.56 bits per heavy atom. The van der Waals surface area contributed by atoms with E-state index in [-0.39, 0.29) is 18.6 Å². The Morgan fingerprint density at radius 1 is 1.72 bits per heavy atom. The van der Waals surface area contributed by atoms with Gasteiger partial charge in [0.2, 0.25) is 5.91 Å². The van der Waals surface area contributed by atoms with Crippen LogP contribution in [0.5, 0.6) is 0 Å². The van der Waals surface area contributed by atoms with Crippen LogP contribution in [-0.2, 0) is 15.1 Å². The summed E-state index contributed by atoms with van der Waals surface area (Å²) in [6.07, 6.45) is 2.43. The molecule has 0 spiro atoms. The van der Waals surface area contributed by atoms with Gasteiger partial charge >= 0.3 is 0 Å². The molecule has 0 radical (unpaired) electrons. The molecule has 18 heavy (non-hydrogen) atoms. The summed E-state index contributed by atoms with van der Waals surface area (Å²) in [5, 5.41) is 14.9. The highest BCUT2D eigenvalue weighted by molar-refractivity contribution is 7.10. The van der Waals surface area contributed by atoms with Gasteiger partial charge in [0.05, 0.1) is 19.1 Å². The maximum atomic E-state index is 11.7. The molecule has 0 bridgehead atoms. The van der Waals surface area contributed by atoms with Crippen molar-refractivity contribution >= 4 is 17.2 Å². The third-order valence-corrected chi connectivity index (χ3v) is 4.24. The van der Waals surface area contributed by atoms with Gasteiger partial charge in [0.15, 0.2) is 0 Å². The Bertz CT molecular complexity index is 383. The molecule has 1 aliphatic rings. The van der Waals surface area contributed by atoms with Gasteiger partial charge in [0, 0.05) is 11.5 Å². The van der Waals surface area contributed by atoms with Crippen molar-refractivity contribution in [3.8, 4) is 0 Å². The molecule has 1 aromatic heterocycles. The lowest BCUT2D eigenvalue weighted by atomic mass is 10.1. The minimum Gasteiger partial charge on any atom is -0.383 e. The summed E-state index contributed by atoms with van der Waals surface area (Å²) >= 11 is 1.49. The van der Waals surface area contributed by atoms with E-state index >= 15 is 0 Å². The molecule has 2 rings (SSSR count). The number of carbonyl (C=O) groups is 1. The van der Waals surface area contributed by atoms with Crippen LogP contribution in [0.3, 0.4) is 0 Å². The van der Waals surface area contributed by atoms with Gasteiger partial charge in [0.25, 0.3) is 0 Å². The maximum Gasteiger partial charge on any atom is 0.222 e. The number of rotatable bonds is 5. The third-order valence-electron chi connectivity index (χ3n) is 3.12. The van der Waals surface area contributed by atoms with E-state index in [9.17, 15) is 9.90 Å². The number of hydrogen-bond acceptors (Lipinski definition) is 4. The molecule has 2 heterocycles. The van der Waals surface area contributed by atoms with Crippen LogP contribution in [0.1, 0.15) is 31.1 Å². The van der Waals surface area contributed by atoms with E-state index in [0.29, 0.717) is 6.42 Å². The van der Waals surface area contributed by atoms with Crippen molar-refractivity contribution in [1.29, 1.82) is 0 Å². The molecule has 2 atom stereocenters. The number of ether oxygens (including phenoxy) is 1. The largest absolute Gasteiger partial charge is 0.383 e. The predicted molar refractivity (Wildman–Crippen MR) is 70.5 cm³/mol. The van der Waals surface area contributed by atoms with Gasteiger partial charge < -0.3 is 15.2 Å². The monoisotopic (exact) mass is 269 g/mol. The highest BCUT2D eigenvalue weighted by Crippen LogP contribution is 2.24. The Kier molecular flexibility index (Phi) is 4.37. The normalized spacial score (nSPS) is 22.7. The van der Waals surface area contributed by atoms with Gasteiger partial charge in [-0.2, -0.15) is 0 Å². The zero-order chi connectivity index (χ0) is 13.0. The summed E-state index contributed by atoms with van der Waals surface area (Å²) in [6, 6.07) is 3.76. The van der Waals surface area contributed by atoms with E-state index < -0.39 is 5.60 Å². The first-order valence-electron chi connectivity index (χ1n) is 6.22. The molecule has 4 nitrogen and oxygen atoms in total. The first kappa shape index (κ1) is 13.5. The van der Waals surface area contributed by atoms with Crippen LogP contribution in [0.4, 0.5) is 0 Å². The summed E-state index contributed by atoms with van der Waals surface area (Å²) in [5.74, 6) is -0.0567. The quantitative estimate of drug-likeness (QED) is 0.854. The molecule has 100 valence electrons. The summed E-state index contributed by atoms with van der Waals surface area (Å²) < 4.78 is 5.41. The number of amides is 1. The lowest BCUT2D eigenvalue weighted by Gasteiger charge is -2.22. The fourth-order valence-electron chi connectivity index (χ4n) is 2.03. The lowest BCUT2D eigenvalue weighted by molar-refractivity contribution is -0.124. The Morgan fingerprint density at radius 3 is 3.17 bits per heavy atom. The van der Waals surface area contributed by atoms with Crippen LogP contribution in [0.2, 0.25) is 0 Å². The van der Waals surface area contributed by atoms with E-state index in [2.05, 4.69) is 5.32 Å². The smallest absolute Gasteiger partial charge is 0.222 e. The van der Waals surface area contributed by atoms with E-state index in [4.69, 9.17) is 4.74 Å². The van der Waals surface area contributed by atoms with E-state index in [1.165, 1.54) is 11.3 Å². The highest BCUT2D eigenvalue weighted by atomic mass is 32.1. The van der Waals surface area contributed by atoms with E-state index in [0.717, 1.165) is 24.3 Å². The minimum absolute atomic E-state index is 0.0525. The SMILES string of the molecule is CC(O)(CNC(=O)CC1CCCO1)c1cccs1. The molecule has 1 amide bonds. The maximum absolute atomic E-state index is 11.7. The Hall–Kier alpha value is -0.910. The van der Waals surface area contributed by atoms with Crippen LogP contribution in [-0.4, -0.2) is 30.3 Å². The molecule has 0 saturated carbocycles. The van der Waals surface area contributed by atoms with Crippen LogP contribution >= 0.6 is 11.3 Å². The molecule has 0 aromatic carbocycles. The molecule has 1 saturated heterocycles. The molecule has 1 fully saturated rings.